The summed E-state index contributed by atoms with van der Waals surface area (Å²) in [4.78, 5) is 11.3. The fraction of sp³-hybridized carbons (Fsp3) is 0.188. The van der Waals surface area contributed by atoms with Crippen LogP contribution in [0.5, 0.6) is 0 Å². The largest absolute Gasteiger partial charge is 0.465 e. The SMILES string of the molecule is COC(=O)c1ccc(CNc2ccc(Br)c(C)c2)cc1F. The third-order valence-corrected chi connectivity index (χ3v) is 3.98. The summed E-state index contributed by atoms with van der Waals surface area (Å²) >= 11 is 3.44. The first-order valence-electron chi connectivity index (χ1n) is 6.38. The van der Waals surface area contributed by atoms with E-state index in [1.54, 1.807) is 6.07 Å². The molecule has 0 bridgehead atoms. The van der Waals surface area contributed by atoms with E-state index in [9.17, 15) is 9.18 Å². The zero-order valence-corrected chi connectivity index (χ0v) is 13.3. The van der Waals surface area contributed by atoms with Gasteiger partial charge in [0.15, 0.2) is 0 Å². The third-order valence-electron chi connectivity index (χ3n) is 3.09. The molecule has 0 aliphatic heterocycles. The van der Waals surface area contributed by atoms with Crippen molar-refractivity contribution in [3.8, 4) is 0 Å². The van der Waals surface area contributed by atoms with Crippen molar-refractivity contribution >= 4 is 27.6 Å². The molecule has 3 nitrogen and oxygen atoms in total. The zero-order chi connectivity index (χ0) is 15.4. The molecule has 1 N–H and O–H groups in total. The fourth-order valence-electron chi connectivity index (χ4n) is 1.90. The van der Waals surface area contributed by atoms with Gasteiger partial charge in [-0.2, -0.15) is 0 Å². The van der Waals surface area contributed by atoms with E-state index in [1.165, 1.54) is 19.2 Å². The summed E-state index contributed by atoms with van der Waals surface area (Å²) in [5.41, 5.74) is 2.77. The maximum atomic E-state index is 13.8. The lowest BCUT2D eigenvalue weighted by atomic mass is 10.1. The number of esters is 1. The van der Waals surface area contributed by atoms with Crippen molar-refractivity contribution in [1.82, 2.24) is 0 Å². The minimum atomic E-state index is -0.671. The molecule has 2 aromatic rings. The molecule has 0 unspecified atom stereocenters. The molecule has 2 rings (SSSR count). The highest BCUT2D eigenvalue weighted by Gasteiger charge is 2.12. The average Bonchev–Trinajstić information content (AvgIpc) is 2.48. The molecular weight excluding hydrogens is 337 g/mol. The van der Waals surface area contributed by atoms with Gasteiger partial charge in [-0.25, -0.2) is 9.18 Å². The molecule has 0 aliphatic carbocycles. The Labute approximate surface area is 131 Å². The van der Waals surface area contributed by atoms with Gasteiger partial charge in [-0.3, -0.25) is 0 Å². The number of hydrogen-bond donors (Lipinski definition) is 1. The number of ether oxygens (including phenoxy) is 1. The van der Waals surface area contributed by atoms with Gasteiger partial charge in [0.1, 0.15) is 5.82 Å². The number of nitrogens with one attached hydrogen (secondary N) is 1. The Kier molecular flexibility index (Phi) is 4.96. The molecular formula is C16H15BrFNO2. The number of anilines is 1. The first-order chi connectivity index (χ1) is 10.0. The maximum absolute atomic E-state index is 13.8. The molecule has 0 heterocycles. The number of carbonyl (C=O) groups is 1. The molecule has 0 saturated heterocycles. The maximum Gasteiger partial charge on any atom is 0.340 e. The molecule has 0 saturated carbocycles. The molecule has 0 atom stereocenters. The minimum Gasteiger partial charge on any atom is -0.465 e. The van der Waals surface area contributed by atoms with Crippen LogP contribution in [-0.2, 0) is 11.3 Å². The van der Waals surface area contributed by atoms with Crippen LogP contribution in [0.1, 0.15) is 21.5 Å². The Balaban J connectivity index is 2.08. The van der Waals surface area contributed by atoms with E-state index in [0.717, 1.165) is 21.3 Å². The van der Waals surface area contributed by atoms with Crippen molar-refractivity contribution in [3.63, 3.8) is 0 Å². The Morgan fingerprint density at radius 3 is 2.67 bits per heavy atom. The second-order valence-electron chi connectivity index (χ2n) is 4.62. The quantitative estimate of drug-likeness (QED) is 0.834. The van der Waals surface area contributed by atoms with Crippen LogP contribution in [0.25, 0.3) is 0 Å². The summed E-state index contributed by atoms with van der Waals surface area (Å²) in [5, 5.41) is 3.22. The molecule has 110 valence electrons. The predicted molar refractivity (Wildman–Crippen MR) is 83.9 cm³/mol. The van der Waals surface area contributed by atoms with Crippen molar-refractivity contribution < 1.29 is 13.9 Å². The Hall–Kier alpha value is -1.88. The van der Waals surface area contributed by atoms with E-state index in [1.807, 2.05) is 25.1 Å². The van der Waals surface area contributed by atoms with E-state index in [0.29, 0.717) is 6.54 Å². The van der Waals surface area contributed by atoms with Gasteiger partial charge >= 0.3 is 5.97 Å². The molecule has 0 aliphatic rings. The summed E-state index contributed by atoms with van der Waals surface area (Å²) in [5.74, 6) is -1.25. The van der Waals surface area contributed by atoms with Crippen LogP contribution < -0.4 is 5.32 Å². The van der Waals surface area contributed by atoms with E-state index >= 15 is 0 Å². The highest BCUT2D eigenvalue weighted by atomic mass is 79.9. The van der Waals surface area contributed by atoms with Crippen molar-refractivity contribution in [2.45, 2.75) is 13.5 Å². The highest BCUT2D eigenvalue weighted by Crippen LogP contribution is 2.21. The van der Waals surface area contributed by atoms with E-state index in [-0.39, 0.29) is 5.56 Å². The molecule has 0 spiro atoms. The first kappa shape index (κ1) is 15.5. The lowest BCUT2D eigenvalue weighted by Crippen LogP contribution is -2.06. The van der Waals surface area contributed by atoms with Crippen LogP contribution in [-0.4, -0.2) is 13.1 Å². The van der Waals surface area contributed by atoms with Gasteiger partial charge in [-0.05, 0) is 48.4 Å². The normalized spacial score (nSPS) is 10.3. The summed E-state index contributed by atoms with van der Waals surface area (Å²) in [6.07, 6.45) is 0. The van der Waals surface area contributed by atoms with Gasteiger partial charge in [0.2, 0.25) is 0 Å². The second-order valence-corrected chi connectivity index (χ2v) is 5.48. The minimum absolute atomic E-state index is 0.0549. The monoisotopic (exact) mass is 351 g/mol. The van der Waals surface area contributed by atoms with Gasteiger partial charge in [0.05, 0.1) is 12.7 Å². The number of carbonyl (C=O) groups excluding carboxylic acids is 1. The lowest BCUT2D eigenvalue weighted by molar-refractivity contribution is 0.0595. The number of aryl methyl sites for hydroxylation is 1. The van der Waals surface area contributed by atoms with Crippen molar-refractivity contribution in [2.24, 2.45) is 0 Å². The summed E-state index contributed by atoms with van der Waals surface area (Å²) < 4.78 is 19.4. The Morgan fingerprint density at radius 1 is 1.29 bits per heavy atom. The van der Waals surface area contributed by atoms with Gasteiger partial charge in [0, 0.05) is 16.7 Å². The predicted octanol–water partition coefficient (Wildman–Crippen LogP) is 4.30. The molecule has 0 aromatic heterocycles. The first-order valence-corrected chi connectivity index (χ1v) is 7.17. The smallest absolute Gasteiger partial charge is 0.340 e. The Bertz CT molecular complexity index is 673. The molecule has 0 amide bonds. The summed E-state index contributed by atoms with van der Waals surface area (Å²) in [6.45, 7) is 2.47. The second kappa shape index (κ2) is 6.72. The van der Waals surface area contributed by atoms with Crippen molar-refractivity contribution in [2.75, 3.05) is 12.4 Å². The standard InChI is InChI=1S/C16H15BrFNO2/c1-10-7-12(4-6-14(10)17)19-9-11-3-5-13(15(18)8-11)16(20)21-2/h3-8,19H,9H2,1-2H3. The molecule has 0 radical (unpaired) electrons. The van der Waals surface area contributed by atoms with Crippen molar-refractivity contribution in [1.29, 1.82) is 0 Å². The highest BCUT2D eigenvalue weighted by molar-refractivity contribution is 9.10. The molecule has 21 heavy (non-hydrogen) atoms. The van der Waals surface area contributed by atoms with Gasteiger partial charge in [-0.1, -0.05) is 22.0 Å². The van der Waals surface area contributed by atoms with Gasteiger partial charge < -0.3 is 10.1 Å². The van der Waals surface area contributed by atoms with Gasteiger partial charge in [0.25, 0.3) is 0 Å². The van der Waals surface area contributed by atoms with E-state index in [2.05, 4.69) is 26.0 Å². The van der Waals surface area contributed by atoms with Gasteiger partial charge in [-0.15, -0.1) is 0 Å². The van der Waals surface area contributed by atoms with Crippen LogP contribution in [0.3, 0.4) is 0 Å². The van der Waals surface area contributed by atoms with E-state index in [4.69, 9.17) is 0 Å². The van der Waals surface area contributed by atoms with Crippen LogP contribution in [0, 0.1) is 12.7 Å². The number of halogens is 2. The average molecular weight is 352 g/mol. The number of benzene rings is 2. The molecule has 0 fully saturated rings. The van der Waals surface area contributed by atoms with Crippen LogP contribution in [0.4, 0.5) is 10.1 Å². The number of rotatable bonds is 4. The fourth-order valence-corrected chi connectivity index (χ4v) is 2.15. The Morgan fingerprint density at radius 2 is 2.05 bits per heavy atom. The van der Waals surface area contributed by atoms with E-state index < -0.39 is 11.8 Å². The number of hydrogen-bond acceptors (Lipinski definition) is 3. The molecule has 5 heteroatoms. The van der Waals surface area contributed by atoms with Crippen LogP contribution >= 0.6 is 15.9 Å². The van der Waals surface area contributed by atoms with Crippen LogP contribution in [0.2, 0.25) is 0 Å². The number of methoxy groups -OCH3 is 1. The van der Waals surface area contributed by atoms with Crippen molar-refractivity contribution in [3.05, 3.63) is 63.4 Å². The van der Waals surface area contributed by atoms with Crippen LogP contribution in [0.15, 0.2) is 40.9 Å². The summed E-state index contributed by atoms with van der Waals surface area (Å²) in [6, 6.07) is 10.4. The summed E-state index contributed by atoms with van der Waals surface area (Å²) in [7, 11) is 1.23. The zero-order valence-electron chi connectivity index (χ0n) is 11.7. The third kappa shape index (κ3) is 3.82. The topological polar surface area (TPSA) is 38.3 Å². The lowest BCUT2D eigenvalue weighted by Gasteiger charge is -2.09. The molecule has 2 aromatic carbocycles.